The van der Waals surface area contributed by atoms with E-state index in [1.807, 2.05) is 0 Å². The van der Waals surface area contributed by atoms with Crippen LogP contribution in [0.4, 0.5) is 8.78 Å². The van der Waals surface area contributed by atoms with Crippen LogP contribution in [0.2, 0.25) is 5.28 Å². The van der Waals surface area contributed by atoms with Crippen LogP contribution in [0.15, 0.2) is 32.3 Å². The second kappa shape index (κ2) is 10.9. The van der Waals surface area contributed by atoms with Crippen molar-refractivity contribution in [3.8, 4) is 0 Å². The molecule has 0 bridgehead atoms. The van der Waals surface area contributed by atoms with E-state index >= 15 is 0 Å². The highest BCUT2D eigenvalue weighted by Gasteiger charge is 2.19. The van der Waals surface area contributed by atoms with Gasteiger partial charge < -0.3 is 14.4 Å². The SMILES string of the molecule is O=c1c2[nH]c(Cl)nc2n(CCN2CCCCC2)c(=O)n1CCCc1nc(Cc2ccc(F)cc2F)no1. The normalized spacial score (nSPS) is 14.6. The van der Waals surface area contributed by atoms with Gasteiger partial charge in [-0.1, -0.05) is 17.6 Å². The highest BCUT2D eigenvalue weighted by molar-refractivity contribution is 6.28. The van der Waals surface area contributed by atoms with Gasteiger partial charge in [-0.05, 0) is 55.6 Å². The van der Waals surface area contributed by atoms with Gasteiger partial charge in [0.15, 0.2) is 17.0 Å². The van der Waals surface area contributed by atoms with Crippen molar-refractivity contribution >= 4 is 22.8 Å². The molecule has 37 heavy (non-hydrogen) atoms. The van der Waals surface area contributed by atoms with E-state index in [0.29, 0.717) is 31.8 Å². The van der Waals surface area contributed by atoms with Crippen molar-refractivity contribution in [1.29, 1.82) is 0 Å². The third-order valence-electron chi connectivity index (χ3n) is 6.57. The lowest BCUT2D eigenvalue weighted by Gasteiger charge is -2.26. The molecule has 4 aromatic rings. The van der Waals surface area contributed by atoms with Gasteiger partial charge in [-0.3, -0.25) is 13.9 Å². The number of likely N-dealkylation sites (tertiary alicyclic amines) is 1. The molecule has 1 aromatic carbocycles. The third kappa shape index (κ3) is 5.64. The second-order valence-corrected chi connectivity index (χ2v) is 9.50. The number of imidazole rings is 1. The summed E-state index contributed by atoms with van der Waals surface area (Å²) in [5.41, 5.74) is -0.258. The number of nitrogens with one attached hydrogen (secondary N) is 1. The predicted molar refractivity (Wildman–Crippen MR) is 132 cm³/mol. The first-order valence-corrected chi connectivity index (χ1v) is 12.6. The zero-order valence-electron chi connectivity index (χ0n) is 20.1. The van der Waals surface area contributed by atoms with Gasteiger partial charge in [0.2, 0.25) is 11.2 Å². The van der Waals surface area contributed by atoms with Crippen molar-refractivity contribution in [3.63, 3.8) is 0 Å². The molecule has 1 fully saturated rings. The number of aromatic nitrogens is 6. The Bertz CT molecular complexity index is 1520. The van der Waals surface area contributed by atoms with Gasteiger partial charge in [0.1, 0.15) is 11.6 Å². The number of nitrogens with zero attached hydrogens (tertiary/aromatic N) is 6. The molecular weight excluding hydrogens is 508 g/mol. The molecule has 0 saturated carbocycles. The monoisotopic (exact) mass is 533 g/mol. The van der Waals surface area contributed by atoms with Gasteiger partial charge in [0, 0.05) is 38.5 Å². The number of rotatable bonds is 9. The standard InChI is InChI=1S/C24H26ClF2N7O3/c25-23-29-20-21(30-23)33(12-11-32-8-2-1-3-9-32)24(36)34(22(20)35)10-4-5-19-28-18(31-37-19)13-15-6-7-16(26)14-17(15)27/h6-7,14H,1-5,8-13H2,(H,29,30). The number of fused-ring (bicyclic) bond motifs is 1. The number of aryl methyl sites for hydroxylation is 1. The third-order valence-corrected chi connectivity index (χ3v) is 6.75. The van der Waals surface area contributed by atoms with Crippen molar-refractivity contribution in [2.75, 3.05) is 19.6 Å². The minimum atomic E-state index is -0.684. The van der Waals surface area contributed by atoms with Crippen molar-refractivity contribution in [1.82, 2.24) is 34.1 Å². The van der Waals surface area contributed by atoms with E-state index in [9.17, 15) is 18.4 Å². The fourth-order valence-electron chi connectivity index (χ4n) is 4.65. The Morgan fingerprint density at radius 1 is 1.03 bits per heavy atom. The molecule has 4 heterocycles. The minimum Gasteiger partial charge on any atom is -0.339 e. The van der Waals surface area contributed by atoms with E-state index < -0.39 is 22.9 Å². The van der Waals surface area contributed by atoms with Crippen molar-refractivity contribution < 1.29 is 13.3 Å². The van der Waals surface area contributed by atoms with Gasteiger partial charge >= 0.3 is 5.69 Å². The van der Waals surface area contributed by atoms with E-state index in [1.54, 1.807) is 0 Å². The Morgan fingerprint density at radius 3 is 2.62 bits per heavy atom. The van der Waals surface area contributed by atoms with E-state index in [2.05, 4.69) is 25.0 Å². The lowest BCUT2D eigenvalue weighted by molar-refractivity contribution is 0.220. The summed E-state index contributed by atoms with van der Waals surface area (Å²) < 4.78 is 34.9. The van der Waals surface area contributed by atoms with E-state index in [0.717, 1.165) is 36.6 Å². The number of piperidine rings is 1. The zero-order valence-corrected chi connectivity index (χ0v) is 20.8. The highest BCUT2D eigenvalue weighted by Crippen LogP contribution is 2.15. The number of halogens is 3. The molecule has 0 atom stereocenters. The van der Waals surface area contributed by atoms with E-state index in [4.69, 9.17) is 16.1 Å². The van der Waals surface area contributed by atoms with Gasteiger partial charge in [0.25, 0.3) is 5.56 Å². The fraction of sp³-hybridized carbons (Fsp3) is 0.458. The fourth-order valence-corrected chi connectivity index (χ4v) is 4.82. The summed E-state index contributed by atoms with van der Waals surface area (Å²) in [6, 6.07) is 3.30. The Kier molecular flexibility index (Phi) is 7.47. The van der Waals surface area contributed by atoms with Crippen LogP contribution in [-0.4, -0.2) is 53.8 Å². The number of benzene rings is 1. The minimum absolute atomic E-state index is 0.0481. The number of hydrogen-bond acceptors (Lipinski definition) is 7. The highest BCUT2D eigenvalue weighted by atomic mass is 35.5. The van der Waals surface area contributed by atoms with Gasteiger partial charge in [-0.15, -0.1) is 0 Å². The summed E-state index contributed by atoms with van der Waals surface area (Å²) in [5.74, 6) is -0.795. The molecule has 10 nitrogen and oxygen atoms in total. The zero-order chi connectivity index (χ0) is 25.9. The molecule has 1 saturated heterocycles. The lowest BCUT2D eigenvalue weighted by atomic mass is 10.1. The lowest BCUT2D eigenvalue weighted by Crippen LogP contribution is -2.42. The van der Waals surface area contributed by atoms with Gasteiger partial charge in [0.05, 0.1) is 0 Å². The van der Waals surface area contributed by atoms with Crippen molar-refractivity contribution in [2.24, 2.45) is 0 Å². The summed E-state index contributed by atoms with van der Waals surface area (Å²) in [6.07, 6.45) is 4.21. The molecule has 1 aliphatic rings. The molecule has 0 aliphatic carbocycles. The Labute approximate surface area is 214 Å². The summed E-state index contributed by atoms with van der Waals surface area (Å²) in [6.45, 7) is 3.16. The molecule has 0 radical (unpaired) electrons. The average Bonchev–Trinajstić information content (AvgIpc) is 3.50. The van der Waals surface area contributed by atoms with Crippen LogP contribution in [0.25, 0.3) is 11.2 Å². The number of aromatic amines is 1. The van der Waals surface area contributed by atoms with Crippen LogP contribution < -0.4 is 11.2 Å². The Morgan fingerprint density at radius 2 is 1.84 bits per heavy atom. The quantitative estimate of drug-likeness (QED) is 0.329. The van der Waals surface area contributed by atoms with Gasteiger partial charge in [-0.25, -0.2) is 13.6 Å². The molecule has 3 aromatic heterocycles. The predicted octanol–water partition coefficient (Wildman–Crippen LogP) is 2.91. The molecule has 5 rings (SSSR count). The molecule has 1 N–H and O–H groups in total. The first-order chi connectivity index (χ1) is 17.9. The average molecular weight is 534 g/mol. The van der Waals surface area contributed by atoms with Crippen LogP contribution in [0.5, 0.6) is 0 Å². The Balaban J connectivity index is 1.29. The van der Waals surface area contributed by atoms with E-state index in [1.165, 1.54) is 23.1 Å². The maximum atomic E-state index is 13.9. The molecular formula is C24H26ClF2N7O3. The molecule has 196 valence electrons. The van der Waals surface area contributed by atoms with Gasteiger partial charge in [-0.2, -0.15) is 9.97 Å². The van der Waals surface area contributed by atoms with Crippen LogP contribution in [0, 0.1) is 11.6 Å². The van der Waals surface area contributed by atoms with Crippen molar-refractivity contribution in [3.05, 3.63) is 73.2 Å². The molecule has 0 amide bonds. The van der Waals surface area contributed by atoms with E-state index in [-0.39, 0.29) is 40.8 Å². The second-order valence-electron chi connectivity index (χ2n) is 9.14. The first kappa shape index (κ1) is 25.3. The first-order valence-electron chi connectivity index (χ1n) is 12.3. The summed E-state index contributed by atoms with van der Waals surface area (Å²) >= 11 is 6.03. The summed E-state index contributed by atoms with van der Waals surface area (Å²) in [7, 11) is 0. The van der Waals surface area contributed by atoms with Crippen LogP contribution in [0.3, 0.4) is 0 Å². The van der Waals surface area contributed by atoms with Crippen LogP contribution >= 0.6 is 11.6 Å². The maximum Gasteiger partial charge on any atom is 0.332 e. The molecule has 0 unspecified atom stereocenters. The van der Waals surface area contributed by atoms with Crippen molar-refractivity contribution in [2.45, 2.75) is 51.6 Å². The maximum absolute atomic E-state index is 13.9. The molecule has 13 heteroatoms. The topological polar surface area (TPSA) is 115 Å². The number of hydrogen-bond donors (Lipinski definition) is 1. The smallest absolute Gasteiger partial charge is 0.332 e. The number of H-pyrrole nitrogens is 1. The largest absolute Gasteiger partial charge is 0.339 e. The van der Waals surface area contributed by atoms with Crippen LogP contribution in [0.1, 0.15) is 43.0 Å². The molecule has 1 aliphatic heterocycles. The summed E-state index contributed by atoms with van der Waals surface area (Å²) in [4.78, 5) is 39.8. The summed E-state index contributed by atoms with van der Waals surface area (Å²) in [5, 5.41) is 3.90. The van der Waals surface area contributed by atoms with Crippen LogP contribution in [-0.2, 0) is 25.9 Å². The Hall–Kier alpha value is -3.38. The molecule has 0 spiro atoms.